The van der Waals surface area contributed by atoms with Gasteiger partial charge in [0.25, 0.3) is 5.56 Å². The Kier molecular flexibility index (Phi) is 4.11. The van der Waals surface area contributed by atoms with Gasteiger partial charge in [0, 0.05) is 22.9 Å². The maximum Gasteiger partial charge on any atom is 0.339 e. The zero-order chi connectivity index (χ0) is 13.8. The van der Waals surface area contributed by atoms with Crippen LogP contribution in [0.4, 0.5) is 0 Å². The maximum atomic E-state index is 11.6. The highest BCUT2D eigenvalue weighted by Crippen LogP contribution is 2.07. The summed E-state index contributed by atoms with van der Waals surface area (Å²) in [5.41, 5.74) is 0.961. The van der Waals surface area contributed by atoms with E-state index in [-0.39, 0.29) is 5.56 Å². The summed E-state index contributed by atoms with van der Waals surface area (Å²) < 4.78 is 6.94. The van der Waals surface area contributed by atoms with Gasteiger partial charge in [-0.05, 0) is 34.1 Å². The van der Waals surface area contributed by atoms with Crippen LogP contribution in [0.1, 0.15) is 16.1 Å². The normalized spacial score (nSPS) is 10.2. The molecular weight excluding hydrogens is 312 g/mol. The highest BCUT2D eigenvalue weighted by molar-refractivity contribution is 9.10. The summed E-state index contributed by atoms with van der Waals surface area (Å²) in [6.07, 6.45) is 3.13. The summed E-state index contributed by atoms with van der Waals surface area (Å²) in [5.74, 6) is -0.432. The number of halogens is 1. The Balaban J connectivity index is 2.22. The van der Waals surface area contributed by atoms with Crippen molar-refractivity contribution in [3.8, 4) is 0 Å². The van der Waals surface area contributed by atoms with Crippen molar-refractivity contribution in [2.75, 3.05) is 7.11 Å². The third-order valence-corrected chi connectivity index (χ3v) is 2.99. The average Bonchev–Trinajstić information content (AvgIpc) is 2.43. The fourth-order valence-corrected chi connectivity index (χ4v) is 1.94. The molecule has 0 aliphatic carbocycles. The summed E-state index contributed by atoms with van der Waals surface area (Å²) in [7, 11) is 1.32. The molecule has 2 aromatic rings. The van der Waals surface area contributed by atoms with Crippen LogP contribution in [0, 0.1) is 0 Å². The molecule has 0 unspecified atom stereocenters. The van der Waals surface area contributed by atoms with E-state index in [0.717, 1.165) is 4.47 Å². The number of carbonyl (C=O) groups is 1. The number of methoxy groups -OCH3 is 1. The minimum absolute atomic E-state index is 0.109. The summed E-state index contributed by atoms with van der Waals surface area (Å²) in [6.45, 7) is 0.347. The fraction of sp³-hybridized carbons (Fsp3) is 0.154. The van der Waals surface area contributed by atoms with Crippen LogP contribution in [-0.4, -0.2) is 22.6 Å². The van der Waals surface area contributed by atoms with E-state index in [0.29, 0.717) is 17.8 Å². The van der Waals surface area contributed by atoms with Crippen molar-refractivity contribution in [1.29, 1.82) is 0 Å². The van der Waals surface area contributed by atoms with Crippen LogP contribution in [0.15, 0.2) is 45.9 Å². The first-order valence-corrected chi connectivity index (χ1v) is 6.28. The van der Waals surface area contributed by atoms with E-state index in [9.17, 15) is 9.59 Å². The molecule has 0 aliphatic rings. The van der Waals surface area contributed by atoms with E-state index in [4.69, 9.17) is 0 Å². The Hall–Kier alpha value is -1.95. The molecule has 0 saturated carbocycles. The molecule has 2 heterocycles. The van der Waals surface area contributed by atoms with Gasteiger partial charge in [-0.2, -0.15) is 0 Å². The van der Waals surface area contributed by atoms with Crippen LogP contribution in [0.5, 0.6) is 0 Å². The molecular formula is C13H11BrN2O3. The molecule has 0 aromatic carbocycles. The third-order valence-electron chi connectivity index (χ3n) is 2.53. The smallest absolute Gasteiger partial charge is 0.339 e. The average molecular weight is 323 g/mol. The van der Waals surface area contributed by atoms with Crippen LogP contribution in [0.3, 0.4) is 0 Å². The summed E-state index contributed by atoms with van der Waals surface area (Å²) in [5, 5.41) is 0. The number of esters is 1. The van der Waals surface area contributed by atoms with E-state index >= 15 is 0 Å². The van der Waals surface area contributed by atoms with Gasteiger partial charge >= 0.3 is 5.97 Å². The lowest BCUT2D eigenvalue weighted by molar-refractivity contribution is 0.0600. The lowest BCUT2D eigenvalue weighted by atomic mass is 10.2. The zero-order valence-electron chi connectivity index (χ0n) is 10.2. The summed E-state index contributed by atoms with van der Waals surface area (Å²) >= 11 is 3.31. The number of ether oxygens (including phenoxy) is 1. The van der Waals surface area contributed by atoms with Crippen molar-refractivity contribution < 1.29 is 9.53 Å². The van der Waals surface area contributed by atoms with E-state index in [2.05, 4.69) is 25.7 Å². The zero-order valence-corrected chi connectivity index (χ0v) is 11.8. The first kappa shape index (κ1) is 13.5. The first-order chi connectivity index (χ1) is 9.10. The molecule has 2 aromatic heterocycles. The van der Waals surface area contributed by atoms with Gasteiger partial charge < -0.3 is 9.30 Å². The second-order valence-electron chi connectivity index (χ2n) is 3.84. The van der Waals surface area contributed by atoms with Crippen LogP contribution in [0.25, 0.3) is 0 Å². The van der Waals surface area contributed by atoms with Gasteiger partial charge in [0.2, 0.25) is 0 Å². The Bertz CT molecular complexity index is 650. The standard InChI is InChI=1S/C13H11BrN2O3/c1-19-13(18)9-2-4-11(15-6-9)8-16-7-10(14)3-5-12(16)17/h2-7H,8H2,1H3. The van der Waals surface area contributed by atoms with Gasteiger partial charge in [-0.25, -0.2) is 4.79 Å². The summed E-state index contributed by atoms with van der Waals surface area (Å²) in [4.78, 5) is 27.0. The SMILES string of the molecule is COC(=O)c1ccc(Cn2cc(Br)ccc2=O)nc1. The number of hydrogen-bond donors (Lipinski definition) is 0. The maximum absolute atomic E-state index is 11.6. The van der Waals surface area contributed by atoms with Crippen LogP contribution >= 0.6 is 15.9 Å². The Morgan fingerprint density at radius 1 is 1.37 bits per heavy atom. The van der Waals surface area contributed by atoms with Crippen molar-refractivity contribution in [3.05, 3.63) is 62.7 Å². The molecule has 2 rings (SSSR count). The topological polar surface area (TPSA) is 61.2 Å². The van der Waals surface area contributed by atoms with Crippen molar-refractivity contribution in [2.24, 2.45) is 0 Å². The van der Waals surface area contributed by atoms with Gasteiger partial charge in [-0.1, -0.05) is 0 Å². The first-order valence-electron chi connectivity index (χ1n) is 5.49. The van der Waals surface area contributed by atoms with E-state index in [1.54, 1.807) is 24.4 Å². The van der Waals surface area contributed by atoms with Gasteiger partial charge in [0.1, 0.15) is 0 Å². The Labute approximate surface area is 118 Å². The minimum Gasteiger partial charge on any atom is -0.465 e. The number of aromatic nitrogens is 2. The molecule has 6 heteroatoms. The van der Waals surface area contributed by atoms with E-state index < -0.39 is 5.97 Å². The van der Waals surface area contributed by atoms with Crippen LogP contribution in [0.2, 0.25) is 0 Å². The molecule has 19 heavy (non-hydrogen) atoms. The third kappa shape index (κ3) is 3.29. The molecule has 0 N–H and O–H groups in total. The predicted molar refractivity (Wildman–Crippen MR) is 73.1 cm³/mol. The number of nitrogens with zero attached hydrogens (tertiary/aromatic N) is 2. The lowest BCUT2D eigenvalue weighted by Gasteiger charge is -2.06. The Morgan fingerprint density at radius 3 is 2.79 bits per heavy atom. The molecule has 0 atom stereocenters. The summed E-state index contributed by atoms with van der Waals surface area (Å²) in [6, 6.07) is 6.48. The molecule has 98 valence electrons. The van der Waals surface area contributed by atoms with Gasteiger partial charge in [-0.3, -0.25) is 9.78 Å². The lowest BCUT2D eigenvalue weighted by Crippen LogP contribution is -2.19. The molecule has 0 radical (unpaired) electrons. The van der Waals surface area contributed by atoms with Gasteiger partial charge in [0.15, 0.2) is 0 Å². The molecule has 5 nitrogen and oxygen atoms in total. The largest absolute Gasteiger partial charge is 0.465 e. The quantitative estimate of drug-likeness (QED) is 0.809. The van der Waals surface area contributed by atoms with Crippen molar-refractivity contribution in [3.63, 3.8) is 0 Å². The molecule has 0 spiro atoms. The van der Waals surface area contributed by atoms with Crippen molar-refractivity contribution >= 4 is 21.9 Å². The van der Waals surface area contributed by atoms with E-state index in [1.807, 2.05) is 0 Å². The highest BCUT2D eigenvalue weighted by Gasteiger charge is 2.06. The van der Waals surface area contributed by atoms with Gasteiger partial charge in [0.05, 0.1) is 24.9 Å². The monoisotopic (exact) mass is 322 g/mol. The van der Waals surface area contributed by atoms with Crippen molar-refractivity contribution in [2.45, 2.75) is 6.54 Å². The van der Waals surface area contributed by atoms with Gasteiger partial charge in [-0.15, -0.1) is 0 Å². The van der Waals surface area contributed by atoms with Crippen molar-refractivity contribution in [1.82, 2.24) is 9.55 Å². The fourth-order valence-electron chi connectivity index (χ4n) is 1.56. The number of rotatable bonds is 3. The number of carbonyl (C=O) groups excluding carboxylic acids is 1. The molecule has 0 bridgehead atoms. The highest BCUT2D eigenvalue weighted by atomic mass is 79.9. The minimum atomic E-state index is -0.432. The van der Waals surface area contributed by atoms with Crippen LogP contribution in [-0.2, 0) is 11.3 Å². The number of hydrogen-bond acceptors (Lipinski definition) is 4. The number of pyridine rings is 2. The predicted octanol–water partition coefficient (Wildman–Crippen LogP) is 1.84. The molecule has 0 aliphatic heterocycles. The molecule has 0 amide bonds. The molecule has 0 fully saturated rings. The van der Waals surface area contributed by atoms with E-state index in [1.165, 1.54) is 23.9 Å². The second kappa shape index (κ2) is 5.79. The second-order valence-corrected chi connectivity index (χ2v) is 4.76. The van der Waals surface area contributed by atoms with Crippen LogP contribution < -0.4 is 5.56 Å². The molecule has 0 saturated heterocycles. The Morgan fingerprint density at radius 2 is 2.16 bits per heavy atom.